The van der Waals surface area contributed by atoms with Gasteiger partial charge in [-0.15, -0.1) is 0 Å². The minimum atomic E-state index is 0.393. The molecule has 0 aliphatic heterocycles. The molecule has 1 rings (SSSR count). The zero-order valence-electron chi connectivity index (χ0n) is 12.6. The summed E-state index contributed by atoms with van der Waals surface area (Å²) in [5.74, 6) is 0. The van der Waals surface area contributed by atoms with Crippen molar-refractivity contribution in [1.82, 2.24) is 20.0 Å². The number of likely N-dealkylation sites (N-methyl/N-ethyl adjacent to an activating group) is 1. The number of hydrogen-bond donors (Lipinski definition) is 1. The second kappa shape index (κ2) is 8.72. The summed E-state index contributed by atoms with van der Waals surface area (Å²) < 4.78 is 3.25. The van der Waals surface area contributed by atoms with E-state index in [9.17, 15) is 0 Å². The van der Waals surface area contributed by atoms with Gasteiger partial charge in [0.1, 0.15) is 0 Å². The van der Waals surface area contributed by atoms with Gasteiger partial charge < -0.3 is 10.2 Å². The molecule has 0 fully saturated rings. The van der Waals surface area contributed by atoms with Crippen molar-refractivity contribution in [2.24, 2.45) is 0 Å². The highest BCUT2D eigenvalue weighted by Gasteiger charge is 2.18. The molecule has 0 saturated carbocycles. The fourth-order valence-electron chi connectivity index (χ4n) is 2.18. The zero-order valence-corrected chi connectivity index (χ0v) is 14.2. The number of halogens is 1. The summed E-state index contributed by atoms with van der Waals surface area (Å²) in [6.07, 6.45) is 5.55. The Hall–Kier alpha value is -0.390. The van der Waals surface area contributed by atoms with Gasteiger partial charge in [0.05, 0.1) is 29.0 Å². The van der Waals surface area contributed by atoms with Crippen LogP contribution in [0.4, 0.5) is 0 Å². The first-order chi connectivity index (χ1) is 9.10. The summed E-state index contributed by atoms with van der Waals surface area (Å²) >= 11 is 3.65. The topological polar surface area (TPSA) is 33.1 Å². The zero-order chi connectivity index (χ0) is 14.3. The minimum absolute atomic E-state index is 0.393. The molecule has 0 spiro atoms. The summed E-state index contributed by atoms with van der Waals surface area (Å²) in [6.45, 7) is 7.32. The number of nitrogens with one attached hydrogen (secondary N) is 1. The van der Waals surface area contributed by atoms with Gasteiger partial charge in [-0.1, -0.05) is 26.7 Å². The standard InChI is InChI=1S/C14H27BrN4/c1-5-7-8-13(16-6-2)14-12(15)11-17-19(14)10-9-18(3)4/h11,13,16H,5-10H2,1-4H3. The van der Waals surface area contributed by atoms with E-state index in [-0.39, 0.29) is 0 Å². The first kappa shape index (κ1) is 16.7. The van der Waals surface area contributed by atoms with Gasteiger partial charge in [0, 0.05) is 6.54 Å². The van der Waals surface area contributed by atoms with Crippen LogP contribution >= 0.6 is 15.9 Å². The van der Waals surface area contributed by atoms with Crippen molar-refractivity contribution in [2.45, 2.75) is 45.7 Å². The number of aromatic nitrogens is 2. The molecule has 0 radical (unpaired) electrons. The smallest absolute Gasteiger partial charge is 0.0696 e. The van der Waals surface area contributed by atoms with Gasteiger partial charge >= 0.3 is 0 Å². The lowest BCUT2D eigenvalue weighted by Crippen LogP contribution is -2.26. The van der Waals surface area contributed by atoms with Crippen LogP contribution in [0.3, 0.4) is 0 Å². The van der Waals surface area contributed by atoms with E-state index >= 15 is 0 Å². The highest BCUT2D eigenvalue weighted by Crippen LogP contribution is 2.27. The Bertz CT molecular complexity index is 362. The molecule has 1 aromatic rings. The van der Waals surface area contributed by atoms with Gasteiger partial charge in [0.25, 0.3) is 0 Å². The maximum atomic E-state index is 4.50. The Balaban J connectivity index is 2.83. The molecule has 5 heteroatoms. The summed E-state index contributed by atoms with van der Waals surface area (Å²) in [5.41, 5.74) is 1.29. The second-order valence-electron chi connectivity index (χ2n) is 5.16. The first-order valence-electron chi connectivity index (χ1n) is 7.19. The number of unbranched alkanes of at least 4 members (excludes halogenated alkanes) is 1. The maximum Gasteiger partial charge on any atom is 0.0696 e. The van der Waals surface area contributed by atoms with Crippen LogP contribution in [-0.4, -0.2) is 41.9 Å². The number of rotatable bonds is 9. The van der Waals surface area contributed by atoms with E-state index in [0.29, 0.717) is 6.04 Å². The molecule has 0 saturated heterocycles. The highest BCUT2D eigenvalue weighted by molar-refractivity contribution is 9.10. The quantitative estimate of drug-likeness (QED) is 0.755. The molecule has 1 N–H and O–H groups in total. The van der Waals surface area contributed by atoms with Crippen molar-refractivity contribution in [2.75, 3.05) is 27.2 Å². The predicted octanol–water partition coefficient (Wildman–Crippen LogP) is 3.05. The monoisotopic (exact) mass is 330 g/mol. The Labute approximate surface area is 125 Å². The molecule has 19 heavy (non-hydrogen) atoms. The second-order valence-corrected chi connectivity index (χ2v) is 6.01. The fraction of sp³-hybridized carbons (Fsp3) is 0.786. The van der Waals surface area contributed by atoms with E-state index in [0.717, 1.165) is 30.5 Å². The molecule has 110 valence electrons. The summed E-state index contributed by atoms with van der Waals surface area (Å²) in [7, 11) is 4.19. The molecule has 0 amide bonds. The largest absolute Gasteiger partial charge is 0.309 e. The molecule has 1 heterocycles. The fourth-order valence-corrected chi connectivity index (χ4v) is 2.75. The Kier molecular flexibility index (Phi) is 7.64. The average Bonchev–Trinajstić information content (AvgIpc) is 2.73. The third-order valence-electron chi connectivity index (χ3n) is 3.22. The van der Waals surface area contributed by atoms with E-state index in [1.807, 2.05) is 6.20 Å². The SMILES string of the molecule is CCCCC(NCC)c1c(Br)cnn1CCN(C)C. The van der Waals surface area contributed by atoms with E-state index in [1.165, 1.54) is 18.5 Å². The molecule has 0 bridgehead atoms. The van der Waals surface area contributed by atoms with Gasteiger partial charge in [-0.25, -0.2) is 0 Å². The van der Waals surface area contributed by atoms with E-state index in [4.69, 9.17) is 0 Å². The number of hydrogen-bond acceptors (Lipinski definition) is 3. The van der Waals surface area contributed by atoms with Crippen molar-refractivity contribution in [1.29, 1.82) is 0 Å². The van der Waals surface area contributed by atoms with Gasteiger partial charge in [0.15, 0.2) is 0 Å². The van der Waals surface area contributed by atoms with Gasteiger partial charge in [-0.3, -0.25) is 4.68 Å². The van der Waals surface area contributed by atoms with Crippen LogP contribution in [0.25, 0.3) is 0 Å². The van der Waals surface area contributed by atoms with Crippen LogP contribution in [0.5, 0.6) is 0 Å². The van der Waals surface area contributed by atoms with Gasteiger partial charge in [-0.05, 0) is 43.0 Å². The van der Waals surface area contributed by atoms with Gasteiger partial charge in [0.2, 0.25) is 0 Å². The van der Waals surface area contributed by atoms with E-state index < -0.39 is 0 Å². The van der Waals surface area contributed by atoms with Gasteiger partial charge in [-0.2, -0.15) is 5.10 Å². The van der Waals surface area contributed by atoms with Crippen LogP contribution in [-0.2, 0) is 6.54 Å². The lowest BCUT2D eigenvalue weighted by molar-refractivity contribution is 0.359. The Morgan fingerprint density at radius 3 is 2.74 bits per heavy atom. The van der Waals surface area contributed by atoms with Crippen LogP contribution < -0.4 is 5.32 Å². The lowest BCUT2D eigenvalue weighted by atomic mass is 10.1. The van der Waals surface area contributed by atoms with Crippen molar-refractivity contribution in [3.8, 4) is 0 Å². The molecule has 0 aliphatic carbocycles. The maximum absolute atomic E-state index is 4.50. The Morgan fingerprint density at radius 2 is 2.16 bits per heavy atom. The average molecular weight is 331 g/mol. The molecule has 4 nitrogen and oxygen atoms in total. The molecule has 0 aromatic carbocycles. The van der Waals surface area contributed by atoms with Crippen molar-refractivity contribution in [3.63, 3.8) is 0 Å². The minimum Gasteiger partial charge on any atom is -0.309 e. The van der Waals surface area contributed by atoms with E-state index in [2.05, 4.69) is 63.9 Å². The van der Waals surface area contributed by atoms with Crippen LogP contribution in [0, 0.1) is 0 Å². The Morgan fingerprint density at radius 1 is 1.42 bits per heavy atom. The third kappa shape index (κ3) is 5.24. The van der Waals surface area contributed by atoms with Crippen LogP contribution in [0.2, 0.25) is 0 Å². The molecule has 1 unspecified atom stereocenters. The molecular formula is C14H27BrN4. The lowest BCUT2D eigenvalue weighted by Gasteiger charge is -2.21. The first-order valence-corrected chi connectivity index (χ1v) is 7.98. The van der Waals surface area contributed by atoms with Crippen molar-refractivity contribution >= 4 is 15.9 Å². The summed E-state index contributed by atoms with van der Waals surface area (Å²) in [6, 6.07) is 0.393. The molecule has 1 aromatic heterocycles. The van der Waals surface area contributed by atoms with Crippen molar-refractivity contribution < 1.29 is 0 Å². The molecular weight excluding hydrogens is 304 g/mol. The summed E-state index contributed by atoms with van der Waals surface area (Å²) in [4.78, 5) is 2.19. The third-order valence-corrected chi connectivity index (χ3v) is 3.83. The van der Waals surface area contributed by atoms with E-state index in [1.54, 1.807) is 0 Å². The normalized spacial score (nSPS) is 13.2. The van der Waals surface area contributed by atoms with Crippen molar-refractivity contribution in [3.05, 3.63) is 16.4 Å². The predicted molar refractivity (Wildman–Crippen MR) is 84.4 cm³/mol. The molecule has 1 atom stereocenters. The summed E-state index contributed by atoms with van der Waals surface area (Å²) in [5, 5.41) is 8.09. The van der Waals surface area contributed by atoms with Crippen LogP contribution in [0.15, 0.2) is 10.7 Å². The van der Waals surface area contributed by atoms with Crippen LogP contribution in [0.1, 0.15) is 44.8 Å². The molecule has 0 aliphatic rings. The highest BCUT2D eigenvalue weighted by atomic mass is 79.9. The number of nitrogens with zero attached hydrogens (tertiary/aromatic N) is 3.